The van der Waals surface area contributed by atoms with Gasteiger partial charge in [-0.3, -0.25) is 19.1 Å². The van der Waals surface area contributed by atoms with E-state index in [2.05, 4.69) is 10.3 Å². The van der Waals surface area contributed by atoms with Crippen molar-refractivity contribution in [2.24, 2.45) is 0 Å². The van der Waals surface area contributed by atoms with Gasteiger partial charge in [0.2, 0.25) is 5.91 Å². The highest BCUT2D eigenvalue weighted by Gasteiger charge is 2.07. The van der Waals surface area contributed by atoms with Gasteiger partial charge in [-0.15, -0.1) is 0 Å². The summed E-state index contributed by atoms with van der Waals surface area (Å²) in [5.41, 5.74) is -0.128. The van der Waals surface area contributed by atoms with Crippen LogP contribution in [0.1, 0.15) is 5.56 Å². The number of nitrogens with one attached hydrogen (secondary N) is 2. The van der Waals surface area contributed by atoms with Crippen molar-refractivity contribution in [2.75, 3.05) is 20.8 Å². The van der Waals surface area contributed by atoms with Gasteiger partial charge < -0.3 is 14.8 Å². The van der Waals surface area contributed by atoms with E-state index in [-0.39, 0.29) is 12.5 Å². The molecule has 0 aliphatic carbocycles. The molecular formula is C16H19N3O5. The number of benzene rings is 1. The van der Waals surface area contributed by atoms with Crippen LogP contribution >= 0.6 is 0 Å². The van der Waals surface area contributed by atoms with Crippen molar-refractivity contribution in [2.45, 2.75) is 13.0 Å². The summed E-state index contributed by atoms with van der Waals surface area (Å²) in [5.74, 6) is 0.952. The highest BCUT2D eigenvalue weighted by Crippen LogP contribution is 2.27. The molecule has 1 aromatic heterocycles. The number of carbonyl (C=O) groups is 1. The van der Waals surface area contributed by atoms with Gasteiger partial charge >= 0.3 is 5.69 Å². The second kappa shape index (κ2) is 8.00. The maximum atomic E-state index is 11.9. The smallest absolute Gasteiger partial charge is 0.328 e. The Morgan fingerprint density at radius 3 is 2.58 bits per heavy atom. The second-order valence-electron chi connectivity index (χ2n) is 5.03. The molecule has 0 bridgehead atoms. The summed E-state index contributed by atoms with van der Waals surface area (Å²) in [4.78, 5) is 36.4. The van der Waals surface area contributed by atoms with E-state index < -0.39 is 11.2 Å². The first-order valence-corrected chi connectivity index (χ1v) is 7.31. The topological polar surface area (TPSA) is 102 Å². The summed E-state index contributed by atoms with van der Waals surface area (Å²) in [6, 6.07) is 6.73. The van der Waals surface area contributed by atoms with Crippen LogP contribution in [0.15, 0.2) is 40.1 Å². The van der Waals surface area contributed by atoms with Crippen LogP contribution < -0.4 is 26.0 Å². The molecular weight excluding hydrogens is 314 g/mol. The Morgan fingerprint density at radius 1 is 1.17 bits per heavy atom. The lowest BCUT2D eigenvalue weighted by Gasteiger charge is -2.10. The monoisotopic (exact) mass is 333 g/mol. The zero-order valence-corrected chi connectivity index (χ0v) is 13.5. The fourth-order valence-corrected chi connectivity index (χ4v) is 2.16. The van der Waals surface area contributed by atoms with Crippen LogP contribution in [0.4, 0.5) is 0 Å². The Hall–Kier alpha value is -3.03. The molecule has 0 saturated carbocycles. The van der Waals surface area contributed by atoms with Crippen molar-refractivity contribution >= 4 is 5.91 Å². The molecule has 24 heavy (non-hydrogen) atoms. The van der Waals surface area contributed by atoms with Crippen molar-refractivity contribution in [1.82, 2.24) is 14.9 Å². The molecule has 0 aliphatic rings. The molecule has 2 rings (SSSR count). The summed E-state index contributed by atoms with van der Waals surface area (Å²) in [6.45, 7) is 0.258. The van der Waals surface area contributed by atoms with Gasteiger partial charge in [-0.1, -0.05) is 6.07 Å². The standard InChI is InChI=1S/C16H19N3O5/c1-23-12-4-3-11(9-13(12)24-2)5-7-17-15(21)10-19-8-6-14(20)18-16(19)22/h3-4,6,8-9H,5,7,10H2,1-2H3,(H,17,21)(H,18,20,22). The normalized spacial score (nSPS) is 10.2. The van der Waals surface area contributed by atoms with Gasteiger partial charge in [0.15, 0.2) is 11.5 Å². The number of aromatic amines is 1. The lowest BCUT2D eigenvalue weighted by molar-refractivity contribution is -0.121. The number of H-pyrrole nitrogens is 1. The Balaban J connectivity index is 1.88. The number of methoxy groups -OCH3 is 2. The zero-order chi connectivity index (χ0) is 17.5. The molecule has 0 spiro atoms. The van der Waals surface area contributed by atoms with E-state index in [0.29, 0.717) is 24.5 Å². The molecule has 8 heteroatoms. The third-order valence-corrected chi connectivity index (χ3v) is 3.39. The van der Waals surface area contributed by atoms with Crippen molar-refractivity contribution in [3.8, 4) is 11.5 Å². The fourth-order valence-electron chi connectivity index (χ4n) is 2.16. The van der Waals surface area contributed by atoms with E-state index in [9.17, 15) is 14.4 Å². The lowest BCUT2D eigenvalue weighted by Crippen LogP contribution is -2.36. The molecule has 128 valence electrons. The van der Waals surface area contributed by atoms with Gasteiger partial charge in [-0.25, -0.2) is 4.79 Å². The predicted octanol–water partition coefficient (Wildman–Crippen LogP) is -0.0873. The molecule has 0 aliphatic heterocycles. The number of aromatic nitrogens is 2. The summed E-state index contributed by atoms with van der Waals surface area (Å²) >= 11 is 0. The minimum atomic E-state index is -0.613. The minimum Gasteiger partial charge on any atom is -0.493 e. The van der Waals surface area contributed by atoms with E-state index in [4.69, 9.17) is 9.47 Å². The Labute approximate surface area is 138 Å². The molecule has 0 fully saturated rings. The van der Waals surface area contributed by atoms with Crippen LogP contribution in [0.25, 0.3) is 0 Å². The quantitative estimate of drug-likeness (QED) is 0.737. The fraction of sp³-hybridized carbons (Fsp3) is 0.312. The molecule has 2 aromatic rings. The number of rotatable bonds is 7. The van der Waals surface area contributed by atoms with Crippen molar-refractivity contribution in [3.63, 3.8) is 0 Å². The van der Waals surface area contributed by atoms with Gasteiger partial charge in [0.25, 0.3) is 5.56 Å². The minimum absolute atomic E-state index is 0.151. The van der Waals surface area contributed by atoms with Crippen molar-refractivity contribution in [1.29, 1.82) is 0 Å². The molecule has 0 unspecified atom stereocenters. The molecule has 0 atom stereocenters. The van der Waals surface area contributed by atoms with Gasteiger partial charge in [0.05, 0.1) is 14.2 Å². The van der Waals surface area contributed by atoms with Crippen LogP contribution in [0.3, 0.4) is 0 Å². The number of hydrogen-bond acceptors (Lipinski definition) is 5. The van der Waals surface area contributed by atoms with Crippen LogP contribution in [0, 0.1) is 0 Å². The first-order valence-electron chi connectivity index (χ1n) is 7.31. The third kappa shape index (κ3) is 4.48. The van der Waals surface area contributed by atoms with E-state index in [1.54, 1.807) is 20.3 Å². The van der Waals surface area contributed by atoms with Gasteiger partial charge in [0, 0.05) is 18.8 Å². The maximum Gasteiger partial charge on any atom is 0.328 e. The molecule has 1 heterocycles. The summed E-state index contributed by atoms with van der Waals surface area (Å²) in [6.07, 6.45) is 1.89. The summed E-state index contributed by atoms with van der Waals surface area (Å²) in [7, 11) is 3.13. The number of ether oxygens (including phenoxy) is 2. The average Bonchev–Trinajstić information content (AvgIpc) is 2.57. The predicted molar refractivity (Wildman–Crippen MR) is 87.6 cm³/mol. The Morgan fingerprint density at radius 2 is 1.92 bits per heavy atom. The molecule has 0 radical (unpaired) electrons. The largest absolute Gasteiger partial charge is 0.493 e. The number of hydrogen-bond donors (Lipinski definition) is 2. The van der Waals surface area contributed by atoms with Crippen LogP contribution in [-0.2, 0) is 17.8 Å². The molecule has 1 amide bonds. The van der Waals surface area contributed by atoms with E-state index in [1.807, 2.05) is 12.1 Å². The van der Waals surface area contributed by atoms with E-state index >= 15 is 0 Å². The first kappa shape index (κ1) is 17.3. The Bertz CT molecular complexity index is 825. The third-order valence-electron chi connectivity index (χ3n) is 3.39. The molecule has 2 N–H and O–H groups in total. The van der Waals surface area contributed by atoms with Crippen molar-refractivity contribution in [3.05, 3.63) is 56.9 Å². The number of nitrogens with zero attached hydrogens (tertiary/aromatic N) is 1. The number of carbonyl (C=O) groups excluding carboxylic acids is 1. The van der Waals surface area contributed by atoms with E-state index in [0.717, 1.165) is 10.1 Å². The SMILES string of the molecule is COc1ccc(CCNC(=O)Cn2ccc(=O)[nH]c2=O)cc1OC. The number of amides is 1. The second-order valence-corrected chi connectivity index (χ2v) is 5.03. The van der Waals surface area contributed by atoms with Crippen LogP contribution in [0.2, 0.25) is 0 Å². The summed E-state index contributed by atoms with van der Waals surface area (Å²) in [5, 5.41) is 2.72. The van der Waals surface area contributed by atoms with Gasteiger partial charge in [-0.2, -0.15) is 0 Å². The van der Waals surface area contributed by atoms with Crippen LogP contribution in [0.5, 0.6) is 11.5 Å². The molecule has 0 saturated heterocycles. The molecule has 8 nitrogen and oxygen atoms in total. The zero-order valence-electron chi connectivity index (χ0n) is 13.5. The Kier molecular flexibility index (Phi) is 5.78. The van der Waals surface area contributed by atoms with Crippen LogP contribution in [-0.4, -0.2) is 36.2 Å². The van der Waals surface area contributed by atoms with Crippen molar-refractivity contribution < 1.29 is 14.3 Å². The average molecular weight is 333 g/mol. The summed E-state index contributed by atoms with van der Waals surface area (Å²) < 4.78 is 11.5. The van der Waals surface area contributed by atoms with Gasteiger partial charge in [0.1, 0.15) is 6.54 Å². The van der Waals surface area contributed by atoms with Gasteiger partial charge in [-0.05, 0) is 24.1 Å². The highest BCUT2D eigenvalue weighted by molar-refractivity contribution is 5.75. The highest BCUT2D eigenvalue weighted by atomic mass is 16.5. The molecule has 1 aromatic carbocycles. The lowest BCUT2D eigenvalue weighted by atomic mass is 10.1. The van der Waals surface area contributed by atoms with E-state index in [1.165, 1.54) is 12.3 Å². The first-order chi connectivity index (χ1) is 11.5. The maximum absolute atomic E-state index is 11.9.